The Kier molecular flexibility index (Phi) is 8.82. The predicted molar refractivity (Wildman–Crippen MR) is 126 cm³/mol. The molecule has 6 heteroatoms. The van der Waals surface area contributed by atoms with Crippen molar-refractivity contribution in [3.05, 3.63) is 71.8 Å². The summed E-state index contributed by atoms with van der Waals surface area (Å²) in [5.74, 6) is 0.0376. The van der Waals surface area contributed by atoms with Gasteiger partial charge in [-0.3, -0.25) is 14.5 Å². The summed E-state index contributed by atoms with van der Waals surface area (Å²) in [7, 11) is 1.63. The Morgan fingerprint density at radius 1 is 1.09 bits per heavy atom. The van der Waals surface area contributed by atoms with Gasteiger partial charge in [-0.15, -0.1) is 0 Å². The second kappa shape index (κ2) is 11.8. The molecule has 0 unspecified atom stereocenters. The lowest BCUT2D eigenvalue weighted by molar-refractivity contribution is -0.140. The van der Waals surface area contributed by atoms with E-state index in [1.807, 2.05) is 50.2 Å². The monoisotopic (exact) mass is 437 g/mol. The second-order valence-electron chi connectivity index (χ2n) is 8.55. The van der Waals surface area contributed by atoms with Crippen LogP contribution in [0.1, 0.15) is 37.3 Å². The van der Waals surface area contributed by atoms with E-state index in [-0.39, 0.29) is 30.2 Å². The molecule has 0 aromatic heterocycles. The lowest BCUT2D eigenvalue weighted by Crippen LogP contribution is -2.57. The van der Waals surface area contributed by atoms with Gasteiger partial charge in [0.15, 0.2) is 0 Å². The molecule has 0 saturated carbocycles. The van der Waals surface area contributed by atoms with Gasteiger partial charge in [-0.25, -0.2) is 0 Å². The van der Waals surface area contributed by atoms with E-state index >= 15 is 0 Å². The predicted octanol–water partition coefficient (Wildman–Crippen LogP) is 2.89. The number of carbonyl (C=O) groups is 2. The molecule has 1 aliphatic rings. The first-order valence-electron chi connectivity index (χ1n) is 11.4. The Morgan fingerprint density at radius 3 is 2.22 bits per heavy atom. The van der Waals surface area contributed by atoms with E-state index in [2.05, 4.69) is 34.5 Å². The average Bonchev–Trinajstić information content (AvgIpc) is 2.80. The molecule has 0 radical (unpaired) electrons. The third kappa shape index (κ3) is 6.17. The number of methoxy groups -OCH3 is 1. The Hall–Kier alpha value is -2.70. The van der Waals surface area contributed by atoms with Crippen LogP contribution >= 0.6 is 0 Å². The SMILES string of the molecule is COCCN(C(=O)C[C@@H]1C(=O)NCCN1CC(c1ccccc1)c1ccccc1)C(C)C. The van der Waals surface area contributed by atoms with Crippen LogP contribution in [0.2, 0.25) is 0 Å². The molecule has 1 fully saturated rings. The molecule has 1 aliphatic heterocycles. The molecule has 0 aliphatic carbocycles. The van der Waals surface area contributed by atoms with Gasteiger partial charge in [0.1, 0.15) is 0 Å². The molecular formula is C26H35N3O3. The molecule has 3 rings (SSSR count). The van der Waals surface area contributed by atoms with Crippen LogP contribution in [-0.4, -0.2) is 73.6 Å². The highest BCUT2D eigenvalue weighted by Gasteiger charge is 2.35. The summed E-state index contributed by atoms with van der Waals surface area (Å²) >= 11 is 0. The molecule has 0 bridgehead atoms. The molecule has 172 valence electrons. The van der Waals surface area contributed by atoms with Crippen LogP contribution < -0.4 is 5.32 Å². The summed E-state index contributed by atoms with van der Waals surface area (Å²) in [4.78, 5) is 30.0. The molecule has 1 atom stereocenters. The molecule has 2 aromatic rings. The minimum absolute atomic E-state index is 0.0138. The number of hydrogen-bond acceptors (Lipinski definition) is 4. The molecule has 0 spiro atoms. The molecule has 1 N–H and O–H groups in total. The number of amides is 2. The fraction of sp³-hybridized carbons (Fsp3) is 0.462. The zero-order valence-electron chi connectivity index (χ0n) is 19.4. The van der Waals surface area contributed by atoms with Crippen LogP contribution in [0.4, 0.5) is 0 Å². The topological polar surface area (TPSA) is 61.9 Å². The van der Waals surface area contributed by atoms with E-state index in [0.717, 1.165) is 6.54 Å². The van der Waals surface area contributed by atoms with E-state index in [4.69, 9.17) is 4.74 Å². The number of rotatable bonds is 10. The van der Waals surface area contributed by atoms with Crippen molar-refractivity contribution >= 4 is 11.8 Å². The average molecular weight is 438 g/mol. The molecule has 1 heterocycles. The number of carbonyl (C=O) groups excluding carboxylic acids is 2. The van der Waals surface area contributed by atoms with Crippen molar-refractivity contribution in [1.82, 2.24) is 15.1 Å². The lowest BCUT2D eigenvalue weighted by atomic mass is 9.90. The van der Waals surface area contributed by atoms with Crippen LogP contribution in [0.3, 0.4) is 0 Å². The summed E-state index contributed by atoms with van der Waals surface area (Å²) in [6, 6.07) is 20.3. The highest BCUT2D eigenvalue weighted by molar-refractivity contribution is 5.89. The summed E-state index contributed by atoms with van der Waals surface area (Å²) in [5.41, 5.74) is 2.41. The van der Waals surface area contributed by atoms with E-state index in [9.17, 15) is 9.59 Å². The number of nitrogens with one attached hydrogen (secondary N) is 1. The number of nitrogens with zero attached hydrogens (tertiary/aromatic N) is 2. The summed E-state index contributed by atoms with van der Waals surface area (Å²) in [6.07, 6.45) is 0.171. The van der Waals surface area contributed by atoms with Gasteiger partial charge in [0.05, 0.1) is 19.1 Å². The first-order valence-corrected chi connectivity index (χ1v) is 11.4. The number of hydrogen-bond donors (Lipinski definition) is 1. The van der Waals surface area contributed by atoms with Crippen molar-refractivity contribution in [2.24, 2.45) is 0 Å². The van der Waals surface area contributed by atoms with Crippen LogP contribution in [-0.2, 0) is 14.3 Å². The second-order valence-corrected chi connectivity index (χ2v) is 8.55. The number of benzene rings is 2. The van der Waals surface area contributed by atoms with Gasteiger partial charge in [-0.05, 0) is 25.0 Å². The summed E-state index contributed by atoms with van der Waals surface area (Å²) < 4.78 is 5.17. The van der Waals surface area contributed by atoms with Crippen LogP contribution in [0.25, 0.3) is 0 Å². The van der Waals surface area contributed by atoms with Gasteiger partial charge in [0.25, 0.3) is 0 Å². The van der Waals surface area contributed by atoms with Crippen LogP contribution in [0, 0.1) is 0 Å². The Balaban J connectivity index is 1.82. The van der Waals surface area contributed by atoms with Gasteiger partial charge in [0, 0.05) is 45.2 Å². The molecule has 32 heavy (non-hydrogen) atoms. The maximum absolute atomic E-state index is 13.1. The summed E-state index contributed by atoms with van der Waals surface area (Å²) in [6.45, 7) is 6.99. The smallest absolute Gasteiger partial charge is 0.237 e. The lowest BCUT2D eigenvalue weighted by Gasteiger charge is -2.38. The molecular weight excluding hydrogens is 402 g/mol. The van der Waals surface area contributed by atoms with E-state index in [1.165, 1.54) is 11.1 Å². The van der Waals surface area contributed by atoms with Gasteiger partial charge in [0.2, 0.25) is 11.8 Å². The molecule has 2 amide bonds. The first kappa shape index (κ1) is 24.0. The van der Waals surface area contributed by atoms with Crippen molar-refractivity contribution < 1.29 is 14.3 Å². The third-order valence-electron chi connectivity index (χ3n) is 6.11. The largest absolute Gasteiger partial charge is 0.383 e. The fourth-order valence-electron chi connectivity index (χ4n) is 4.35. The quantitative estimate of drug-likeness (QED) is 0.621. The van der Waals surface area contributed by atoms with Crippen molar-refractivity contribution in [1.29, 1.82) is 0 Å². The van der Waals surface area contributed by atoms with E-state index in [1.54, 1.807) is 12.0 Å². The number of ether oxygens (including phenoxy) is 1. The first-order chi connectivity index (χ1) is 15.5. The zero-order valence-corrected chi connectivity index (χ0v) is 19.4. The van der Waals surface area contributed by atoms with Crippen molar-refractivity contribution in [2.75, 3.05) is 39.9 Å². The maximum atomic E-state index is 13.1. The Bertz CT molecular complexity index is 818. The number of piperazine rings is 1. The van der Waals surface area contributed by atoms with Gasteiger partial charge >= 0.3 is 0 Å². The zero-order chi connectivity index (χ0) is 22.9. The molecule has 6 nitrogen and oxygen atoms in total. The normalized spacial score (nSPS) is 16.9. The molecule has 2 aromatic carbocycles. The third-order valence-corrected chi connectivity index (χ3v) is 6.11. The van der Waals surface area contributed by atoms with Crippen molar-refractivity contribution in [3.63, 3.8) is 0 Å². The van der Waals surface area contributed by atoms with Crippen molar-refractivity contribution in [2.45, 2.75) is 38.3 Å². The summed E-state index contributed by atoms with van der Waals surface area (Å²) in [5, 5.41) is 2.96. The van der Waals surface area contributed by atoms with Crippen molar-refractivity contribution in [3.8, 4) is 0 Å². The fourth-order valence-corrected chi connectivity index (χ4v) is 4.35. The standard InChI is InChI=1S/C26H35N3O3/c1-20(2)29(16-17-32-3)25(30)18-24-26(31)27-14-15-28(24)19-23(21-10-6-4-7-11-21)22-12-8-5-9-13-22/h4-13,20,23-24H,14-19H2,1-3H3,(H,27,31)/t24-/m1/s1. The van der Waals surface area contributed by atoms with Gasteiger partial charge in [-0.2, -0.15) is 0 Å². The maximum Gasteiger partial charge on any atom is 0.237 e. The highest BCUT2D eigenvalue weighted by atomic mass is 16.5. The molecule has 1 saturated heterocycles. The highest BCUT2D eigenvalue weighted by Crippen LogP contribution is 2.27. The Labute approximate surface area is 191 Å². The van der Waals surface area contributed by atoms with Crippen LogP contribution in [0.15, 0.2) is 60.7 Å². The Morgan fingerprint density at radius 2 is 1.69 bits per heavy atom. The van der Waals surface area contributed by atoms with Gasteiger partial charge in [-0.1, -0.05) is 60.7 Å². The van der Waals surface area contributed by atoms with E-state index in [0.29, 0.717) is 26.2 Å². The van der Waals surface area contributed by atoms with Gasteiger partial charge < -0.3 is 15.0 Å². The van der Waals surface area contributed by atoms with E-state index < -0.39 is 6.04 Å². The minimum atomic E-state index is -0.477. The minimum Gasteiger partial charge on any atom is -0.383 e. The van der Waals surface area contributed by atoms with Crippen LogP contribution in [0.5, 0.6) is 0 Å².